The summed E-state index contributed by atoms with van der Waals surface area (Å²) in [7, 11) is -3.80. The maximum atomic E-state index is 13.1. The number of aromatic amines is 1. The third-order valence-corrected chi connectivity index (χ3v) is 6.09. The molecule has 0 bridgehead atoms. The number of nitrogens with zero attached hydrogens (tertiary/aromatic N) is 1. The van der Waals surface area contributed by atoms with Crippen molar-refractivity contribution in [1.29, 1.82) is 0 Å². The van der Waals surface area contributed by atoms with Crippen molar-refractivity contribution in [3.8, 4) is 11.3 Å². The molecule has 3 aromatic rings. The Kier molecular flexibility index (Phi) is 5.48. The molecule has 2 aromatic carbocycles. The minimum atomic E-state index is -3.80. The number of hydrogen-bond donors (Lipinski definition) is 2. The number of aryl methyl sites for hydroxylation is 2. The smallest absolute Gasteiger partial charge is 0.264 e. The van der Waals surface area contributed by atoms with Gasteiger partial charge in [0.15, 0.2) is 0 Å². The van der Waals surface area contributed by atoms with Crippen molar-refractivity contribution in [2.45, 2.75) is 25.2 Å². The molecule has 27 heavy (non-hydrogen) atoms. The minimum Gasteiger partial charge on any atom is -0.279 e. The predicted octanol–water partition coefficient (Wildman–Crippen LogP) is 3.87. The summed E-state index contributed by atoms with van der Waals surface area (Å²) in [6, 6.07) is 13.4. The van der Waals surface area contributed by atoms with Crippen LogP contribution in [0, 0.1) is 6.92 Å². The predicted molar refractivity (Wildman–Crippen MR) is 109 cm³/mol. The number of H-pyrrole nitrogens is 1. The molecule has 0 unspecified atom stereocenters. The lowest BCUT2D eigenvalue weighted by Crippen LogP contribution is -2.16. The zero-order valence-corrected chi connectivity index (χ0v) is 17.2. The van der Waals surface area contributed by atoms with Crippen LogP contribution in [0.25, 0.3) is 11.3 Å². The SMILES string of the molecule is CCc1ccc(-c2ccc(=O)[nH]n2)cc1S(=O)(=O)Nc1ccc(Br)cc1C. The molecule has 0 saturated carbocycles. The summed E-state index contributed by atoms with van der Waals surface area (Å²) >= 11 is 3.37. The molecule has 1 heterocycles. The first-order chi connectivity index (χ1) is 12.8. The van der Waals surface area contributed by atoms with E-state index in [1.807, 2.05) is 19.9 Å². The van der Waals surface area contributed by atoms with Crippen LogP contribution in [0.3, 0.4) is 0 Å². The summed E-state index contributed by atoms with van der Waals surface area (Å²) in [4.78, 5) is 11.4. The van der Waals surface area contributed by atoms with Crippen LogP contribution in [-0.2, 0) is 16.4 Å². The molecule has 6 nitrogen and oxygen atoms in total. The molecular weight excluding hydrogens is 430 g/mol. The molecule has 0 amide bonds. The van der Waals surface area contributed by atoms with Crippen LogP contribution in [0.5, 0.6) is 0 Å². The van der Waals surface area contributed by atoms with E-state index in [9.17, 15) is 13.2 Å². The lowest BCUT2D eigenvalue weighted by molar-refractivity contribution is 0.600. The second kappa shape index (κ2) is 7.66. The Hall–Kier alpha value is -2.45. The van der Waals surface area contributed by atoms with Gasteiger partial charge in [0.1, 0.15) is 0 Å². The van der Waals surface area contributed by atoms with Crippen molar-refractivity contribution < 1.29 is 8.42 Å². The first-order valence-electron chi connectivity index (χ1n) is 8.28. The van der Waals surface area contributed by atoms with Gasteiger partial charge in [-0.15, -0.1) is 0 Å². The monoisotopic (exact) mass is 447 g/mol. The van der Waals surface area contributed by atoms with E-state index in [1.165, 1.54) is 6.07 Å². The van der Waals surface area contributed by atoms with Crippen LogP contribution in [0.4, 0.5) is 5.69 Å². The van der Waals surface area contributed by atoms with Crippen molar-refractivity contribution >= 4 is 31.6 Å². The van der Waals surface area contributed by atoms with E-state index < -0.39 is 10.0 Å². The van der Waals surface area contributed by atoms with Gasteiger partial charge in [-0.3, -0.25) is 9.52 Å². The highest BCUT2D eigenvalue weighted by molar-refractivity contribution is 9.10. The van der Waals surface area contributed by atoms with Crippen LogP contribution in [0.15, 0.2) is 62.7 Å². The van der Waals surface area contributed by atoms with E-state index in [4.69, 9.17) is 0 Å². The third-order valence-electron chi connectivity index (χ3n) is 4.15. The molecule has 3 rings (SSSR count). The van der Waals surface area contributed by atoms with E-state index in [0.29, 0.717) is 28.9 Å². The molecule has 0 spiro atoms. The maximum Gasteiger partial charge on any atom is 0.264 e. The standard InChI is InChI=1S/C19H18BrN3O3S/c1-3-13-4-5-14(17-8-9-19(24)22-21-17)11-18(13)27(25,26)23-16-7-6-15(20)10-12(16)2/h4-11,23H,3H2,1-2H3,(H,22,24). The molecule has 0 aliphatic carbocycles. The summed E-state index contributed by atoms with van der Waals surface area (Å²) in [5.41, 5.74) is 2.82. The lowest BCUT2D eigenvalue weighted by Gasteiger charge is -2.14. The molecule has 0 aliphatic rings. The average molecular weight is 448 g/mol. The molecule has 0 atom stereocenters. The lowest BCUT2D eigenvalue weighted by atomic mass is 10.1. The fourth-order valence-electron chi connectivity index (χ4n) is 2.70. The van der Waals surface area contributed by atoms with Crippen LogP contribution in [0.2, 0.25) is 0 Å². The Labute approximate surface area is 165 Å². The topological polar surface area (TPSA) is 91.9 Å². The largest absolute Gasteiger partial charge is 0.279 e. The third kappa shape index (κ3) is 4.28. The first kappa shape index (κ1) is 19.3. The molecule has 0 saturated heterocycles. The van der Waals surface area contributed by atoms with Crippen molar-refractivity contribution in [3.05, 3.63) is 74.5 Å². The van der Waals surface area contributed by atoms with E-state index in [-0.39, 0.29) is 10.5 Å². The van der Waals surface area contributed by atoms with Gasteiger partial charge in [-0.2, -0.15) is 5.10 Å². The average Bonchev–Trinajstić information content (AvgIpc) is 2.64. The number of rotatable bonds is 5. The molecule has 2 N–H and O–H groups in total. The first-order valence-corrected chi connectivity index (χ1v) is 10.6. The fraction of sp³-hybridized carbons (Fsp3) is 0.158. The maximum absolute atomic E-state index is 13.1. The van der Waals surface area contributed by atoms with E-state index >= 15 is 0 Å². The van der Waals surface area contributed by atoms with Crippen molar-refractivity contribution in [3.63, 3.8) is 0 Å². The minimum absolute atomic E-state index is 0.192. The second-order valence-corrected chi connectivity index (χ2v) is 8.61. The number of anilines is 1. The molecular formula is C19H18BrN3O3S. The molecule has 0 fully saturated rings. The fourth-order valence-corrected chi connectivity index (χ4v) is 4.65. The zero-order chi connectivity index (χ0) is 19.6. The number of nitrogens with one attached hydrogen (secondary N) is 2. The van der Waals surface area contributed by atoms with Crippen molar-refractivity contribution in [2.75, 3.05) is 4.72 Å². The normalized spacial score (nSPS) is 11.4. The molecule has 0 radical (unpaired) electrons. The number of benzene rings is 2. The highest BCUT2D eigenvalue weighted by Crippen LogP contribution is 2.28. The van der Waals surface area contributed by atoms with E-state index in [0.717, 1.165) is 10.0 Å². The van der Waals surface area contributed by atoms with Gasteiger partial charge < -0.3 is 0 Å². The Balaban J connectivity index is 2.06. The molecule has 0 aliphatic heterocycles. The van der Waals surface area contributed by atoms with Crippen LogP contribution >= 0.6 is 15.9 Å². The van der Waals surface area contributed by atoms with E-state index in [2.05, 4.69) is 30.8 Å². The van der Waals surface area contributed by atoms with Gasteiger partial charge in [-0.1, -0.05) is 35.0 Å². The van der Waals surface area contributed by atoms with E-state index in [1.54, 1.807) is 36.4 Å². The van der Waals surface area contributed by atoms with Gasteiger partial charge in [0, 0.05) is 16.1 Å². The van der Waals surface area contributed by atoms with Crippen LogP contribution in [-0.4, -0.2) is 18.6 Å². The Morgan fingerprint density at radius 2 is 1.89 bits per heavy atom. The molecule has 1 aromatic heterocycles. The highest BCUT2D eigenvalue weighted by Gasteiger charge is 2.20. The van der Waals surface area contributed by atoms with Gasteiger partial charge in [-0.05, 0) is 54.8 Å². The van der Waals surface area contributed by atoms with Crippen LogP contribution < -0.4 is 10.3 Å². The highest BCUT2D eigenvalue weighted by atomic mass is 79.9. The molecule has 8 heteroatoms. The van der Waals surface area contributed by atoms with Gasteiger partial charge in [-0.25, -0.2) is 13.5 Å². The number of sulfonamides is 1. The Morgan fingerprint density at radius 3 is 2.52 bits per heavy atom. The summed E-state index contributed by atoms with van der Waals surface area (Å²) in [5.74, 6) is 0. The van der Waals surface area contributed by atoms with Crippen LogP contribution in [0.1, 0.15) is 18.1 Å². The summed E-state index contributed by atoms with van der Waals surface area (Å²) < 4.78 is 29.7. The quantitative estimate of drug-likeness (QED) is 0.620. The van der Waals surface area contributed by atoms with Gasteiger partial charge >= 0.3 is 0 Å². The van der Waals surface area contributed by atoms with Crippen molar-refractivity contribution in [1.82, 2.24) is 10.2 Å². The molecule has 140 valence electrons. The Bertz CT molecular complexity index is 1140. The zero-order valence-electron chi connectivity index (χ0n) is 14.8. The van der Waals surface area contributed by atoms with Gasteiger partial charge in [0.2, 0.25) is 0 Å². The number of hydrogen-bond acceptors (Lipinski definition) is 4. The summed E-state index contributed by atoms with van der Waals surface area (Å²) in [6.45, 7) is 3.74. The number of halogens is 1. The number of aromatic nitrogens is 2. The Morgan fingerprint density at radius 1 is 1.11 bits per heavy atom. The second-order valence-electron chi connectivity index (χ2n) is 6.05. The van der Waals surface area contributed by atoms with Gasteiger partial charge in [0.05, 0.1) is 16.3 Å². The summed E-state index contributed by atoms with van der Waals surface area (Å²) in [5, 5.41) is 6.34. The van der Waals surface area contributed by atoms with Crippen molar-refractivity contribution in [2.24, 2.45) is 0 Å². The van der Waals surface area contributed by atoms with Gasteiger partial charge in [0.25, 0.3) is 15.6 Å². The summed E-state index contributed by atoms with van der Waals surface area (Å²) in [6.07, 6.45) is 0.564.